The summed E-state index contributed by atoms with van der Waals surface area (Å²) >= 11 is 0. The molecule has 0 aromatic carbocycles. The van der Waals surface area contributed by atoms with Crippen molar-refractivity contribution in [3.63, 3.8) is 0 Å². The second-order valence-corrected chi connectivity index (χ2v) is 4.38. The predicted molar refractivity (Wildman–Crippen MR) is 59.5 cm³/mol. The van der Waals surface area contributed by atoms with Gasteiger partial charge in [0.15, 0.2) is 0 Å². The van der Waals surface area contributed by atoms with E-state index in [-0.39, 0.29) is 11.8 Å². The molecule has 0 aromatic heterocycles. The molecule has 1 amide bonds. The summed E-state index contributed by atoms with van der Waals surface area (Å²) in [4.78, 5) is 11.7. The van der Waals surface area contributed by atoms with Crippen LogP contribution in [0.15, 0.2) is 0 Å². The first-order chi connectivity index (χ1) is 7.13. The zero-order valence-electron chi connectivity index (χ0n) is 9.62. The quantitative estimate of drug-likeness (QED) is 0.629. The lowest BCUT2D eigenvalue weighted by Gasteiger charge is -2.27. The number of hydrogen-bond donors (Lipinski definition) is 3. The summed E-state index contributed by atoms with van der Waals surface area (Å²) in [7, 11) is 0. The highest BCUT2D eigenvalue weighted by Gasteiger charge is 2.24. The molecule has 1 fully saturated rings. The molecule has 1 rings (SSSR count). The Hall–Kier alpha value is -0.610. The van der Waals surface area contributed by atoms with E-state index in [1.54, 1.807) is 0 Å². The maximum absolute atomic E-state index is 11.7. The standard InChI is InChI=1S/C11H22N2O2/c1-3-10(14)7-13-11(15)9-4-5-12-8(2)6-9/h8-10,12,14H,3-7H2,1-2H3,(H,13,15). The SMILES string of the molecule is CCC(O)CNC(=O)C1CCNC(C)C1. The van der Waals surface area contributed by atoms with Gasteiger partial charge in [0.05, 0.1) is 6.10 Å². The molecule has 4 nitrogen and oxygen atoms in total. The van der Waals surface area contributed by atoms with Crippen LogP contribution in [0.3, 0.4) is 0 Å². The second kappa shape index (κ2) is 6.08. The molecule has 1 aliphatic heterocycles. The van der Waals surface area contributed by atoms with E-state index in [0.717, 1.165) is 19.4 Å². The van der Waals surface area contributed by atoms with Crippen molar-refractivity contribution in [2.45, 2.75) is 45.3 Å². The van der Waals surface area contributed by atoms with Crippen molar-refractivity contribution < 1.29 is 9.90 Å². The van der Waals surface area contributed by atoms with Gasteiger partial charge in [0, 0.05) is 18.5 Å². The molecule has 0 spiro atoms. The van der Waals surface area contributed by atoms with Gasteiger partial charge in [-0.3, -0.25) is 4.79 Å². The topological polar surface area (TPSA) is 61.4 Å². The highest BCUT2D eigenvalue weighted by molar-refractivity contribution is 5.78. The molecule has 1 saturated heterocycles. The fraction of sp³-hybridized carbons (Fsp3) is 0.909. The van der Waals surface area contributed by atoms with Crippen LogP contribution in [0.5, 0.6) is 0 Å². The molecule has 3 unspecified atom stereocenters. The smallest absolute Gasteiger partial charge is 0.223 e. The Morgan fingerprint density at radius 3 is 3.00 bits per heavy atom. The maximum atomic E-state index is 11.7. The van der Waals surface area contributed by atoms with E-state index in [1.807, 2.05) is 6.92 Å². The average molecular weight is 214 g/mol. The lowest BCUT2D eigenvalue weighted by Crippen LogP contribution is -2.43. The third kappa shape index (κ3) is 4.18. The van der Waals surface area contributed by atoms with Crippen LogP contribution in [-0.2, 0) is 4.79 Å². The summed E-state index contributed by atoms with van der Waals surface area (Å²) in [5, 5.41) is 15.5. The van der Waals surface area contributed by atoms with Gasteiger partial charge in [0.25, 0.3) is 0 Å². The first kappa shape index (κ1) is 12.5. The van der Waals surface area contributed by atoms with Gasteiger partial charge in [-0.2, -0.15) is 0 Å². The molecule has 0 saturated carbocycles. The highest BCUT2D eigenvalue weighted by atomic mass is 16.3. The van der Waals surface area contributed by atoms with Crippen molar-refractivity contribution in [2.75, 3.05) is 13.1 Å². The number of amides is 1. The third-order valence-corrected chi connectivity index (χ3v) is 2.98. The fourth-order valence-electron chi connectivity index (χ4n) is 1.88. The number of carbonyl (C=O) groups excluding carboxylic acids is 1. The number of piperidine rings is 1. The zero-order chi connectivity index (χ0) is 11.3. The summed E-state index contributed by atoms with van der Waals surface area (Å²) in [6, 6.07) is 0.422. The molecule has 0 radical (unpaired) electrons. The number of hydrogen-bond acceptors (Lipinski definition) is 3. The first-order valence-corrected chi connectivity index (χ1v) is 5.82. The normalized spacial score (nSPS) is 28.5. The van der Waals surface area contributed by atoms with E-state index in [4.69, 9.17) is 0 Å². The van der Waals surface area contributed by atoms with Gasteiger partial charge in [-0.15, -0.1) is 0 Å². The molecule has 4 heteroatoms. The van der Waals surface area contributed by atoms with Crippen LogP contribution in [-0.4, -0.2) is 36.2 Å². The van der Waals surface area contributed by atoms with E-state index < -0.39 is 6.10 Å². The molecular weight excluding hydrogens is 192 g/mol. The Labute approximate surface area is 91.4 Å². The van der Waals surface area contributed by atoms with Crippen LogP contribution in [0.4, 0.5) is 0 Å². The van der Waals surface area contributed by atoms with Crippen molar-refractivity contribution in [3.05, 3.63) is 0 Å². The number of nitrogens with one attached hydrogen (secondary N) is 2. The van der Waals surface area contributed by atoms with E-state index in [9.17, 15) is 9.90 Å². The van der Waals surface area contributed by atoms with Crippen LogP contribution in [0, 0.1) is 5.92 Å². The minimum absolute atomic E-state index is 0.0934. The molecule has 0 aliphatic carbocycles. The molecule has 0 bridgehead atoms. The molecule has 88 valence electrons. The predicted octanol–water partition coefficient (Wildman–Crippen LogP) is 0.262. The zero-order valence-corrected chi connectivity index (χ0v) is 9.62. The van der Waals surface area contributed by atoms with Gasteiger partial charge in [-0.05, 0) is 32.7 Å². The summed E-state index contributed by atoms with van der Waals surface area (Å²) in [5.41, 5.74) is 0. The van der Waals surface area contributed by atoms with E-state index in [2.05, 4.69) is 17.6 Å². The van der Waals surface area contributed by atoms with Gasteiger partial charge in [0.1, 0.15) is 0 Å². The van der Waals surface area contributed by atoms with Crippen LogP contribution in [0.2, 0.25) is 0 Å². The fourth-order valence-corrected chi connectivity index (χ4v) is 1.88. The van der Waals surface area contributed by atoms with E-state index in [1.165, 1.54) is 0 Å². The molecule has 3 atom stereocenters. The Morgan fingerprint density at radius 1 is 1.67 bits per heavy atom. The van der Waals surface area contributed by atoms with Gasteiger partial charge in [-0.25, -0.2) is 0 Å². The molecule has 1 heterocycles. The Bertz CT molecular complexity index is 209. The lowest BCUT2D eigenvalue weighted by atomic mass is 9.92. The van der Waals surface area contributed by atoms with Crippen molar-refractivity contribution in [1.82, 2.24) is 10.6 Å². The summed E-state index contributed by atoms with van der Waals surface area (Å²) < 4.78 is 0. The monoisotopic (exact) mass is 214 g/mol. The van der Waals surface area contributed by atoms with E-state index in [0.29, 0.717) is 19.0 Å². The maximum Gasteiger partial charge on any atom is 0.223 e. The average Bonchev–Trinajstić information content (AvgIpc) is 2.25. The van der Waals surface area contributed by atoms with Crippen LogP contribution < -0.4 is 10.6 Å². The van der Waals surface area contributed by atoms with Gasteiger partial charge in [-0.1, -0.05) is 6.92 Å². The van der Waals surface area contributed by atoms with E-state index >= 15 is 0 Å². The molecular formula is C11H22N2O2. The highest BCUT2D eigenvalue weighted by Crippen LogP contribution is 2.15. The van der Waals surface area contributed by atoms with Gasteiger partial charge in [0.2, 0.25) is 5.91 Å². The van der Waals surface area contributed by atoms with Crippen LogP contribution in [0.1, 0.15) is 33.1 Å². The minimum atomic E-state index is -0.409. The first-order valence-electron chi connectivity index (χ1n) is 5.82. The molecule has 1 aliphatic rings. The van der Waals surface area contributed by atoms with Crippen LogP contribution in [0.25, 0.3) is 0 Å². The Balaban J connectivity index is 2.26. The number of carbonyl (C=O) groups is 1. The molecule has 0 aromatic rings. The third-order valence-electron chi connectivity index (χ3n) is 2.98. The van der Waals surface area contributed by atoms with Crippen molar-refractivity contribution in [1.29, 1.82) is 0 Å². The van der Waals surface area contributed by atoms with Crippen molar-refractivity contribution >= 4 is 5.91 Å². The molecule has 3 N–H and O–H groups in total. The number of aliphatic hydroxyl groups excluding tert-OH is 1. The Kier molecular flexibility index (Phi) is 5.05. The van der Waals surface area contributed by atoms with Crippen molar-refractivity contribution in [3.8, 4) is 0 Å². The summed E-state index contributed by atoms with van der Waals surface area (Å²) in [6.45, 7) is 5.30. The summed E-state index contributed by atoms with van der Waals surface area (Å²) in [5.74, 6) is 0.209. The second-order valence-electron chi connectivity index (χ2n) is 4.38. The van der Waals surface area contributed by atoms with Gasteiger partial charge < -0.3 is 15.7 Å². The Morgan fingerprint density at radius 2 is 2.40 bits per heavy atom. The number of rotatable bonds is 4. The van der Waals surface area contributed by atoms with Gasteiger partial charge >= 0.3 is 0 Å². The molecule has 15 heavy (non-hydrogen) atoms. The number of aliphatic hydroxyl groups is 1. The van der Waals surface area contributed by atoms with Crippen molar-refractivity contribution in [2.24, 2.45) is 5.92 Å². The minimum Gasteiger partial charge on any atom is -0.391 e. The van der Waals surface area contributed by atoms with Crippen LogP contribution >= 0.6 is 0 Å². The largest absolute Gasteiger partial charge is 0.391 e. The summed E-state index contributed by atoms with van der Waals surface area (Å²) in [6.07, 6.45) is 2.07. The lowest BCUT2D eigenvalue weighted by molar-refractivity contribution is -0.126.